The van der Waals surface area contributed by atoms with Crippen molar-refractivity contribution < 1.29 is 13.6 Å². The van der Waals surface area contributed by atoms with Gasteiger partial charge in [0.15, 0.2) is 5.78 Å². The van der Waals surface area contributed by atoms with Crippen molar-refractivity contribution in [2.24, 2.45) is 0 Å². The van der Waals surface area contributed by atoms with Crippen LogP contribution in [0.2, 0.25) is 0 Å². The zero-order valence-electron chi connectivity index (χ0n) is 7.64. The second-order valence-corrected chi connectivity index (χ2v) is 4.13. The monoisotopic (exact) mass is 296 g/mol. The van der Waals surface area contributed by atoms with Crippen LogP contribution in [0.25, 0.3) is 0 Å². The first-order valence-electron chi connectivity index (χ1n) is 4.18. The minimum Gasteiger partial charge on any atom is -0.298 e. The Labute approximate surface area is 99.6 Å². The predicted octanol–water partition coefficient (Wildman–Crippen LogP) is 3.74. The fourth-order valence-electron chi connectivity index (χ4n) is 1.15. The smallest absolute Gasteiger partial charge is 0.264 e. The van der Waals surface area contributed by atoms with Crippen LogP contribution in [0.15, 0.2) is 22.7 Å². The highest BCUT2D eigenvalue weighted by molar-refractivity contribution is 9.10. The Morgan fingerprint density at radius 1 is 1.47 bits per heavy atom. The number of halogens is 4. The lowest BCUT2D eigenvalue weighted by Crippen LogP contribution is -2.04. The summed E-state index contributed by atoms with van der Waals surface area (Å²) >= 11 is 8.35. The van der Waals surface area contributed by atoms with Crippen LogP contribution in [0.4, 0.5) is 8.78 Å². The minimum atomic E-state index is -2.55. The third-order valence-electron chi connectivity index (χ3n) is 1.85. The molecule has 82 valence electrons. The normalized spacial score (nSPS) is 10.7. The molecular formula is C10H8BrClF2O. The second-order valence-electron chi connectivity index (χ2n) is 3.01. The lowest BCUT2D eigenvalue weighted by atomic mass is 10.1. The molecule has 0 unspecified atom stereocenters. The van der Waals surface area contributed by atoms with Crippen LogP contribution in [-0.2, 0) is 11.2 Å². The van der Waals surface area contributed by atoms with Gasteiger partial charge >= 0.3 is 0 Å². The van der Waals surface area contributed by atoms with E-state index in [2.05, 4.69) is 15.9 Å². The Balaban J connectivity index is 2.92. The van der Waals surface area contributed by atoms with E-state index >= 15 is 0 Å². The first kappa shape index (κ1) is 12.6. The molecule has 0 spiro atoms. The van der Waals surface area contributed by atoms with Crippen LogP contribution in [-0.4, -0.2) is 11.7 Å². The highest BCUT2D eigenvalue weighted by Crippen LogP contribution is 2.28. The fraction of sp³-hybridized carbons (Fsp3) is 0.300. The van der Waals surface area contributed by atoms with Crippen LogP contribution in [0.3, 0.4) is 0 Å². The Morgan fingerprint density at radius 3 is 2.67 bits per heavy atom. The lowest BCUT2D eigenvalue weighted by Gasteiger charge is -2.06. The summed E-state index contributed by atoms with van der Waals surface area (Å²) < 4.78 is 25.3. The number of benzene rings is 1. The van der Waals surface area contributed by atoms with Crippen molar-refractivity contribution in [3.63, 3.8) is 0 Å². The molecule has 0 fully saturated rings. The summed E-state index contributed by atoms with van der Waals surface area (Å²) in [5.41, 5.74) is 0.453. The largest absolute Gasteiger partial charge is 0.298 e. The number of Topliss-reactive ketones (excluding diaryl/α,β-unsaturated/α-hetero) is 1. The number of hydrogen-bond acceptors (Lipinski definition) is 1. The van der Waals surface area contributed by atoms with Crippen LogP contribution >= 0.6 is 27.5 Å². The first-order chi connectivity index (χ1) is 7.04. The van der Waals surface area contributed by atoms with Gasteiger partial charge in [-0.3, -0.25) is 4.79 Å². The molecule has 0 atom stereocenters. The number of alkyl halides is 3. The van der Waals surface area contributed by atoms with Crippen molar-refractivity contribution in [1.29, 1.82) is 0 Å². The van der Waals surface area contributed by atoms with Gasteiger partial charge < -0.3 is 0 Å². The molecule has 0 amide bonds. The van der Waals surface area contributed by atoms with E-state index in [9.17, 15) is 13.6 Å². The first-order valence-corrected chi connectivity index (χ1v) is 5.51. The third kappa shape index (κ3) is 3.54. The van der Waals surface area contributed by atoms with E-state index in [1.165, 1.54) is 12.1 Å². The minimum absolute atomic E-state index is 0.0937. The van der Waals surface area contributed by atoms with Gasteiger partial charge in [0.1, 0.15) is 0 Å². The van der Waals surface area contributed by atoms with Crippen LogP contribution in [0, 0.1) is 0 Å². The van der Waals surface area contributed by atoms with Crippen molar-refractivity contribution in [2.45, 2.75) is 12.8 Å². The molecule has 0 saturated carbocycles. The fourth-order valence-corrected chi connectivity index (χ4v) is 1.66. The summed E-state index contributed by atoms with van der Waals surface area (Å²) in [4.78, 5) is 11.0. The Kier molecular flexibility index (Phi) is 4.67. The molecule has 0 bridgehead atoms. The zero-order valence-corrected chi connectivity index (χ0v) is 9.99. The van der Waals surface area contributed by atoms with Gasteiger partial charge in [-0.2, -0.15) is 0 Å². The third-order valence-corrected chi connectivity index (χ3v) is 2.87. The Morgan fingerprint density at radius 2 is 2.13 bits per heavy atom. The molecular weight excluding hydrogens is 289 g/mol. The number of carbonyl (C=O) groups is 1. The maximum absolute atomic E-state index is 12.5. The molecule has 1 aromatic carbocycles. The number of carbonyl (C=O) groups excluding carboxylic acids is 1. The van der Waals surface area contributed by atoms with Gasteiger partial charge in [-0.1, -0.05) is 22.0 Å². The van der Waals surface area contributed by atoms with E-state index in [1.54, 1.807) is 6.07 Å². The Hall–Kier alpha value is -0.480. The summed E-state index contributed by atoms with van der Waals surface area (Å²) in [5, 5.41) is 0. The van der Waals surface area contributed by atoms with E-state index in [-0.39, 0.29) is 23.6 Å². The van der Waals surface area contributed by atoms with Gasteiger partial charge in [0, 0.05) is 16.5 Å². The molecule has 15 heavy (non-hydrogen) atoms. The van der Waals surface area contributed by atoms with Gasteiger partial charge in [-0.05, 0) is 17.7 Å². The predicted molar refractivity (Wildman–Crippen MR) is 58.5 cm³/mol. The summed E-state index contributed by atoms with van der Waals surface area (Å²) in [7, 11) is 0. The maximum Gasteiger partial charge on any atom is 0.264 e. The summed E-state index contributed by atoms with van der Waals surface area (Å²) in [6.07, 6.45) is -2.46. The molecule has 0 aliphatic heterocycles. The van der Waals surface area contributed by atoms with E-state index in [0.717, 1.165) is 0 Å². The maximum atomic E-state index is 12.5. The highest BCUT2D eigenvalue weighted by Gasteiger charge is 2.13. The lowest BCUT2D eigenvalue weighted by molar-refractivity contribution is -0.116. The standard InChI is InChI=1S/C10H8BrClF2O/c11-9-2-1-6(3-7(15)5-12)4-8(9)10(13)14/h1-2,4,10H,3,5H2. The van der Waals surface area contributed by atoms with Crippen LogP contribution in [0.1, 0.15) is 17.6 Å². The van der Waals surface area contributed by atoms with Crippen molar-refractivity contribution >= 4 is 33.3 Å². The van der Waals surface area contributed by atoms with Crippen molar-refractivity contribution in [3.8, 4) is 0 Å². The topological polar surface area (TPSA) is 17.1 Å². The molecule has 5 heteroatoms. The average molecular weight is 298 g/mol. The van der Waals surface area contributed by atoms with Gasteiger partial charge in [-0.25, -0.2) is 8.78 Å². The molecule has 1 rings (SSSR count). The number of ketones is 1. The summed E-state index contributed by atoms with van der Waals surface area (Å²) in [5.74, 6) is -0.278. The number of hydrogen-bond donors (Lipinski definition) is 0. The quantitative estimate of drug-likeness (QED) is 0.774. The second kappa shape index (κ2) is 5.56. The van der Waals surface area contributed by atoms with Crippen molar-refractivity contribution in [2.75, 3.05) is 5.88 Å². The van der Waals surface area contributed by atoms with Crippen molar-refractivity contribution in [3.05, 3.63) is 33.8 Å². The van der Waals surface area contributed by atoms with E-state index < -0.39 is 6.43 Å². The van der Waals surface area contributed by atoms with Crippen molar-refractivity contribution in [1.82, 2.24) is 0 Å². The molecule has 1 aromatic rings. The molecule has 0 aromatic heterocycles. The molecule has 0 radical (unpaired) electrons. The van der Waals surface area contributed by atoms with Gasteiger partial charge in [-0.15, -0.1) is 11.6 Å². The molecule has 0 saturated heterocycles. The van der Waals surface area contributed by atoms with Crippen LogP contribution in [0.5, 0.6) is 0 Å². The van der Waals surface area contributed by atoms with E-state index in [4.69, 9.17) is 11.6 Å². The highest BCUT2D eigenvalue weighted by atomic mass is 79.9. The van der Waals surface area contributed by atoms with Crippen LogP contribution < -0.4 is 0 Å². The SMILES string of the molecule is O=C(CCl)Cc1ccc(Br)c(C(F)F)c1. The van der Waals surface area contributed by atoms with E-state index in [1.807, 2.05) is 0 Å². The van der Waals surface area contributed by atoms with E-state index in [0.29, 0.717) is 10.0 Å². The van der Waals surface area contributed by atoms with Gasteiger partial charge in [0.25, 0.3) is 6.43 Å². The van der Waals surface area contributed by atoms with Gasteiger partial charge in [0.05, 0.1) is 5.88 Å². The van der Waals surface area contributed by atoms with Gasteiger partial charge in [0.2, 0.25) is 0 Å². The molecule has 0 heterocycles. The average Bonchev–Trinajstić information content (AvgIpc) is 2.20. The molecule has 0 aliphatic rings. The Bertz CT molecular complexity index is 368. The molecule has 1 nitrogen and oxygen atoms in total. The summed E-state index contributed by atoms with van der Waals surface area (Å²) in [6.45, 7) is 0. The zero-order chi connectivity index (χ0) is 11.4. The number of rotatable bonds is 4. The summed E-state index contributed by atoms with van der Waals surface area (Å²) in [6, 6.07) is 4.46. The molecule has 0 aliphatic carbocycles. The molecule has 0 N–H and O–H groups in total.